The summed E-state index contributed by atoms with van der Waals surface area (Å²) in [5, 5.41) is 0. The summed E-state index contributed by atoms with van der Waals surface area (Å²) in [6.45, 7) is 0. The Hall–Kier alpha value is -1.26. The van der Waals surface area contributed by atoms with Gasteiger partial charge in [0.25, 0.3) is 0 Å². The fourth-order valence-electron chi connectivity index (χ4n) is 1.86. The minimum Gasteiger partial charge on any atom is -0.352 e. The Balaban J connectivity index is 2.38. The van der Waals surface area contributed by atoms with Crippen molar-refractivity contribution in [3.05, 3.63) is 29.1 Å². The molecular formula is C12H15NO3. The van der Waals surface area contributed by atoms with E-state index in [9.17, 15) is 4.79 Å². The Kier molecular flexibility index (Phi) is 3.31. The van der Waals surface area contributed by atoms with Gasteiger partial charge in [0.15, 0.2) is 12.6 Å². The monoisotopic (exact) mass is 221 g/mol. The Bertz CT molecular complexity index is 384. The first-order valence-electron chi connectivity index (χ1n) is 5.30. The average Bonchev–Trinajstić information content (AvgIpc) is 3.15. The summed E-state index contributed by atoms with van der Waals surface area (Å²) < 4.78 is 10.5. The van der Waals surface area contributed by atoms with Crippen molar-refractivity contribution in [2.75, 3.05) is 14.2 Å². The van der Waals surface area contributed by atoms with Gasteiger partial charge in [0.05, 0.1) is 0 Å². The summed E-state index contributed by atoms with van der Waals surface area (Å²) in [7, 11) is 3.19. The highest BCUT2D eigenvalue weighted by molar-refractivity contribution is 5.72. The molecule has 1 aromatic rings. The maximum Gasteiger partial charge on any atom is 0.184 e. The zero-order valence-electron chi connectivity index (χ0n) is 9.47. The quantitative estimate of drug-likeness (QED) is 0.564. The van der Waals surface area contributed by atoms with Gasteiger partial charge in [0.1, 0.15) is 5.69 Å². The first-order chi connectivity index (χ1) is 7.80. The van der Waals surface area contributed by atoms with Gasteiger partial charge < -0.3 is 9.47 Å². The first kappa shape index (κ1) is 11.2. The van der Waals surface area contributed by atoms with E-state index in [1.165, 1.54) is 0 Å². The molecule has 0 amide bonds. The number of aldehydes is 1. The number of hydrogen-bond donors (Lipinski definition) is 0. The Morgan fingerprint density at radius 3 is 2.62 bits per heavy atom. The maximum absolute atomic E-state index is 10.7. The number of ether oxygens (including phenoxy) is 2. The predicted molar refractivity (Wildman–Crippen MR) is 58.4 cm³/mol. The molecule has 0 aromatic carbocycles. The fraction of sp³-hybridized carbons (Fsp3) is 0.500. The van der Waals surface area contributed by atoms with Crippen molar-refractivity contribution in [2.45, 2.75) is 25.0 Å². The third-order valence-corrected chi connectivity index (χ3v) is 2.81. The number of aromatic nitrogens is 1. The molecule has 0 spiro atoms. The minimum atomic E-state index is -0.399. The van der Waals surface area contributed by atoms with Crippen LogP contribution in [0.4, 0.5) is 0 Å². The van der Waals surface area contributed by atoms with Gasteiger partial charge in [0, 0.05) is 26.0 Å². The number of rotatable bonds is 5. The minimum absolute atomic E-state index is 0.399. The van der Waals surface area contributed by atoms with Crippen molar-refractivity contribution < 1.29 is 14.3 Å². The van der Waals surface area contributed by atoms with Gasteiger partial charge in [-0.2, -0.15) is 0 Å². The number of carbonyl (C=O) groups excluding carboxylic acids is 1. The van der Waals surface area contributed by atoms with Crippen LogP contribution in [-0.2, 0) is 9.47 Å². The van der Waals surface area contributed by atoms with Gasteiger partial charge in [-0.15, -0.1) is 0 Å². The van der Waals surface area contributed by atoms with Gasteiger partial charge in [-0.3, -0.25) is 9.78 Å². The molecule has 1 saturated carbocycles. The Morgan fingerprint density at radius 2 is 2.12 bits per heavy atom. The highest BCUT2D eigenvalue weighted by Crippen LogP contribution is 2.43. The zero-order valence-corrected chi connectivity index (χ0v) is 9.47. The second kappa shape index (κ2) is 4.72. The van der Waals surface area contributed by atoms with Crippen molar-refractivity contribution in [2.24, 2.45) is 0 Å². The highest BCUT2D eigenvalue weighted by Gasteiger charge is 2.29. The molecule has 2 rings (SSSR count). The van der Waals surface area contributed by atoms with Crippen molar-refractivity contribution in [3.63, 3.8) is 0 Å². The number of hydrogen-bond acceptors (Lipinski definition) is 4. The third kappa shape index (κ3) is 2.13. The average molecular weight is 221 g/mol. The molecule has 16 heavy (non-hydrogen) atoms. The summed E-state index contributed by atoms with van der Waals surface area (Å²) in [5.41, 5.74) is 2.53. The second-order valence-electron chi connectivity index (χ2n) is 3.93. The van der Waals surface area contributed by atoms with Crippen molar-refractivity contribution >= 4 is 6.29 Å². The lowest BCUT2D eigenvalue weighted by molar-refractivity contribution is -0.106. The van der Waals surface area contributed by atoms with Crippen LogP contribution in [0.2, 0.25) is 0 Å². The summed E-state index contributed by atoms with van der Waals surface area (Å²) in [6, 6.07) is 1.84. The molecule has 1 heterocycles. The van der Waals surface area contributed by atoms with E-state index < -0.39 is 6.29 Å². The van der Waals surface area contributed by atoms with Crippen molar-refractivity contribution in [3.8, 4) is 0 Å². The number of pyridine rings is 1. The van der Waals surface area contributed by atoms with Crippen LogP contribution in [0.5, 0.6) is 0 Å². The molecule has 4 nitrogen and oxygen atoms in total. The van der Waals surface area contributed by atoms with Crippen LogP contribution < -0.4 is 0 Å². The molecule has 0 unspecified atom stereocenters. The zero-order chi connectivity index (χ0) is 11.5. The SMILES string of the molecule is COC(OC)c1cnc(C=O)cc1C1CC1. The number of nitrogens with zero attached hydrogens (tertiary/aromatic N) is 1. The van der Waals surface area contributed by atoms with Crippen molar-refractivity contribution in [1.29, 1.82) is 0 Å². The van der Waals surface area contributed by atoms with E-state index >= 15 is 0 Å². The fourth-order valence-corrected chi connectivity index (χ4v) is 1.86. The van der Waals surface area contributed by atoms with Crippen molar-refractivity contribution in [1.82, 2.24) is 4.98 Å². The molecule has 1 aliphatic rings. The van der Waals surface area contributed by atoms with E-state index in [1.807, 2.05) is 6.07 Å². The molecular weight excluding hydrogens is 206 g/mol. The predicted octanol–water partition coefficient (Wildman–Crippen LogP) is 2.06. The molecule has 86 valence electrons. The lowest BCUT2D eigenvalue weighted by atomic mass is 10.0. The second-order valence-corrected chi connectivity index (χ2v) is 3.93. The van der Waals surface area contributed by atoms with Crippen LogP contribution in [0.25, 0.3) is 0 Å². The van der Waals surface area contributed by atoms with Gasteiger partial charge in [-0.1, -0.05) is 0 Å². The molecule has 0 aliphatic heterocycles. The van der Waals surface area contributed by atoms with Gasteiger partial charge in [-0.05, 0) is 30.4 Å². The van der Waals surface area contributed by atoms with Gasteiger partial charge in [0.2, 0.25) is 0 Å². The van der Waals surface area contributed by atoms with Crippen LogP contribution in [0.3, 0.4) is 0 Å². The van der Waals surface area contributed by atoms with Crippen LogP contribution in [0.1, 0.15) is 46.7 Å². The molecule has 1 fully saturated rings. The normalized spacial score (nSPS) is 15.4. The van der Waals surface area contributed by atoms with E-state index in [2.05, 4.69) is 4.98 Å². The van der Waals surface area contributed by atoms with Gasteiger partial charge >= 0.3 is 0 Å². The van der Waals surface area contributed by atoms with Crippen LogP contribution >= 0.6 is 0 Å². The molecule has 1 aromatic heterocycles. The maximum atomic E-state index is 10.7. The van der Waals surface area contributed by atoms with E-state index in [-0.39, 0.29) is 0 Å². The van der Waals surface area contributed by atoms with Crippen LogP contribution in [0, 0.1) is 0 Å². The smallest absolute Gasteiger partial charge is 0.184 e. The molecule has 0 N–H and O–H groups in total. The van der Waals surface area contributed by atoms with Crippen LogP contribution in [-0.4, -0.2) is 25.5 Å². The van der Waals surface area contributed by atoms with E-state index in [1.54, 1.807) is 20.4 Å². The number of methoxy groups -OCH3 is 2. The topological polar surface area (TPSA) is 48.4 Å². The molecule has 0 atom stereocenters. The van der Waals surface area contributed by atoms with E-state index in [0.29, 0.717) is 11.6 Å². The molecule has 4 heteroatoms. The summed E-state index contributed by atoms with van der Waals surface area (Å²) >= 11 is 0. The Morgan fingerprint density at radius 1 is 1.44 bits per heavy atom. The largest absolute Gasteiger partial charge is 0.352 e. The molecule has 0 saturated heterocycles. The Labute approximate surface area is 94.6 Å². The molecule has 1 aliphatic carbocycles. The first-order valence-corrected chi connectivity index (χ1v) is 5.30. The summed E-state index contributed by atoms with van der Waals surface area (Å²) in [5.74, 6) is 0.532. The van der Waals surface area contributed by atoms with E-state index in [4.69, 9.17) is 9.47 Å². The third-order valence-electron chi connectivity index (χ3n) is 2.81. The van der Waals surface area contributed by atoms with E-state index in [0.717, 1.165) is 30.3 Å². The lowest BCUT2D eigenvalue weighted by Gasteiger charge is -2.17. The lowest BCUT2D eigenvalue weighted by Crippen LogP contribution is -2.08. The number of carbonyl (C=O) groups is 1. The summed E-state index contributed by atoms with van der Waals surface area (Å²) in [6.07, 6.45) is 4.37. The standard InChI is InChI=1S/C12H15NO3/c1-15-12(16-2)11-6-13-9(7-14)5-10(11)8-3-4-8/h5-8,12H,3-4H2,1-2H3. The highest BCUT2D eigenvalue weighted by atomic mass is 16.7. The van der Waals surface area contributed by atoms with Gasteiger partial charge in [-0.25, -0.2) is 0 Å². The molecule has 0 bridgehead atoms. The van der Waals surface area contributed by atoms with Crippen LogP contribution in [0.15, 0.2) is 12.3 Å². The summed E-state index contributed by atoms with van der Waals surface area (Å²) in [4.78, 5) is 14.8. The molecule has 0 radical (unpaired) electrons.